The average Bonchev–Trinajstić information content (AvgIpc) is 2.75. The first kappa shape index (κ1) is 13.4. The fourth-order valence-electron chi connectivity index (χ4n) is 1.99. The lowest BCUT2D eigenvalue weighted by Gasteiger charge is -2.19. The minimum atomic E-state index is -0.794. The van der Waals surface area contributed by atoms with Crippen LogP contribution in [0.5, 0.6) is 0 Å². The zero-order chi connectivity index (χ0) is 11.8. The molecule has 0 aromatic rings. The summed E-state index contributed by atoms with van der Waals surface area (Å²) in [7, 11) is 0. The largest absolute Gasteiger partial charge is 0.480 e. The van der Waals surface area contributed by atoms with E-state index in [4.69, 9.17) is 10.2 Å². The first-order chi connectivity index (χ1) is 7.74. The minimum absolute atomic E-state index is 0.103. The van der Waals surface area contributed by atoms with Crippen LogP contribution in [0.15, 0.2) is 0 Å². The van der Waals surface area contributed by atoms with Gasteiger partial charge in [-0.2, -0.15) is 0 Å². The van der Waals surface area contributed by atoms with Gasteiger partial charge in [0.15, 0.2) is 0 Å². The van der Waals surface area contributed by atoms with Crippen molar-refractivity contribution in [2.75, 3.05) is 32.8 Å². The van der Waals surface area contributed by atoms with Crippen molar-refractivity contribution in [1.29, 1.82) is 0 Å². The molecule has 1 atom stereocenters. The van der Waals surface area contributed by atoms with E-state index < -0.39 is 12.0 Å². The molecule has 0 bridgehead atoms. The van der Waals surface area contributed by atoms with Gasteiger partial charge in [0.2, 0.25) is 0 Å². The average molecular weight is 230 g/mol. The van der Waals surface area contributed by atoms with Crippen molar-refractivity contribution in [3.8, 4) is 0 Å². The SMILES string of the molecule is O=C(O)[C@H](CCN1CCCC1)NCCCO. The Labute approximate surface area is 96.4 Å². The molecule has 1 fully saturated rings. The molecule has 0 aromatic carbocycles. The molecule has 1 rings (SSSR count). The summed E-state index contributed by atoms with van der Waals surface area (Å²) in [5.74, 6) is -0.794. The maximum Gasteiger partial charge on any atom is 0.320 e. The lowest BCUT2D eigenvalue weighted by molar-refractivity contribution is -0.139. The van der Waals surface area contributed by atoms with Crippen molar-refractivity contribution in [1.82, 2.24) is 10.2 Å². The summed E-state index contributed by atoms with van der Waals surface area (Å²) in [6.07, 6.45) is 3.71. The number of aliphatic hydroxyl groups is 1. The second-order valence-corrected chi connectivity index (χ2v) is 4.26. The number of likely N-dealkylation sites (tertiary alicyclic amines) is 1. The topological polar surface area (TPSA) is 72.8 Å². The summed E-state index contributed by atoms with van der Waals surface area (Å²) in [5, 5.41) is 20.6. The van der Waals surface area contributed by atoms with Crippen LogP contribution in [0.2, 0.25) is 0 Å². The van der Waals surface area contributed by atoms with Gasteiger partial charge in [-0.15, -0.1) is 0 Å². The van der Waals surface area contributed by atoms with E-state index in [-0.39, 0.29) is 6.61 Å². The predicted molar refractivity (Wildman–Crippen MR) is 61.4 cm³/mol. The molecule has 3 N–H and O–H groups in total. The molecular formula is C11H22N2O3. The number of rotatable bonds is 8. The Kier molecular flexibility index (Phi) is 6.37. The summed E-state index contributed by atoms with van der Waals surface area (Å²) < 4.78 is 0. The molecule has 1 saturated heterocycles. The summed E-state index contributed by atoms with van der Waals surface area (Å²) in [6.45, 7) is 3.72. The normalized spacial score (nSPS) is 18.8. The van der Waals surface area contributed by atoms with Crippen LogP contribution in [-0.2, 0) is 4.79 Å². The third-order valence-corrected chi connectivity index (χ3v) is 2.96. The Morgan fingerprint density at radius 2 is 2.06 bits per heavy atom. The van der Waals surface area contributed by atoms with Crippen molar-refractivity contribution in [2.24, 2.45) is 0 Å². The number of aliphatic carboxylic acids is 1. The van der Waals surface area contributed by atoms with Gasteiger partial charge in [0.25, 0.3) is 0 Å². The van der Waals surface area contributed by atoms with E-state index in [2.05, 4.69) is 10.2 Å². The van der Waals surface area contributed by atoms with E-state index in [1.807, 2.05) is 0 Å². The van der Waals surface area contributed by atoms with E-state index >= 15 is 0 Å². The first-order valence-electron chi connectivity index (χ1n) is 6.03. The molecule has 0 saturated carbocycles. The third kappa shape index (κ3) is 4.92. The minimum Gasteiger partial charge on any atom is -0.480 e. The van der Waals surface area contributed by atoms with Gasteiger partial charge < -0.3 is 20.4 Å². The molecule has 5 nitrogen and oxygen atoms in total. The van der Waals surface area contributed by atoms with Crippen molar-refractivity contribution in [2.45, 2.75) is 31.7 Å². The van der Waals surface area contributed by atoms with E-state index in [0.717, 1.165) is 19.6 Å². The molecule has 0 radical (unpaired) electrons. The molecule has 16 heavy (non-hydrogen) atoms. The lowest BCUT2D eigenvalue weighted by Crippen LogP contribution is -2.40. The second kappa shape index (κ2) is 7.60. The smallest absolute Gasteiger partial charge is 0.320 e. The van der Waals surface area contributed by atoms with Crippen molar-refractivity contribution >= 4 is 5.97 Å². The molecule has 0 aromatic heterocycles. The zero-order valence-corrected chi connectivity index (χ0v) is 9.69. The van der Waals surface area contributed by atoms with Crippen molar-refractivity contribution in [3.63, 3.8) is 0 Å². The van der Waals surface area contributed by atoms with Gasteiger partial charge in [0.05, 0.1) is 0 Å². The van der Waals surface area contributed by atoms with Gasteiger partial charge in [-0.05, 0) is 45.3 Å². The molecule has 0 spiro atoms. The molecule has 1 heterocycles. The highest BCUT2D eigenvalue weighted by Crippen LogP contribution is 2.08. The van der Waals surface area contributed by atoms with E-state index in [1.54, 1.807) is 0 Å². The standard InChI is InChI=1S/C11H22N2O3/c14-9-3-5-12-10(11(15)16)4-8-13-6-1-2-7-13/h10,12,14H,1-9H2,(H,15,16)/t10-/m0/s1. The van der Waals surface area contributed by atoms with E-state index in [9.17, 15) is 4.79 Å². The van der Waals surface area contributed by atoms with Gasteiger partial charge in [-0.25, -0.2) is 0 Å². The summed E-state index contributed by atoms with van der Waals surface area (Å²) >= 11 is 0. The second-order valence-electron chi connectivity index (χ2n) is 4.26. The molecule has 0 aliphatic carbocycles. The summed E-state index contributed by atoms with van der Waals surface area (Å²) in [4.78, 5) is 13.3. The van der Waals surface area contributed by atoms with Crippen LogP contribution in [0, 0.1) is 0 Å². The molecule has 94 valence electrons. The fraction of sp³-hybridized carbons (Fsp3) is 0.909. The summed E-state index contributed by atoms with van der Waals surface area (Å²) in [6, 6.07) is -0.479. The van der Waals surface area contributed by atoms with E-state index in [1.165, 1.54) is 12.8 Å². The predicted octanol–water partition coefficient (Wildman–Crippen LogP) is -0.102. The lowest BCUT2D eigenvalue weighted by atomic mass is 10.2. The van der Waals surface area contributed by atoms with E-state index in [0.29, 0.717) is 19.4 Å². The van der Waals surface area contributed by atoms with Crippen LogP contribution in [-0.4, -0.2) is 59.9 Å². The number of hydrogen-bond donors (Lipinski definition) is 3. The highest BCUT2D eigenvalue weighted by molar-refractivity contribution is 5.73. The first-order valence-corrected chi connectivity index (χ1v) is 6.03. The maximum atomic E-state index is 11.0. The highest BCUT2D eigenvalue weighted by atomic mass is 16.4. The Bertz CT molecular complexity index is 205. The quantitative estimate of drug-likeness (QED) is 0.508. The van der Waals surface area contributed by atoms with Gasteiger partial charge in [-0.3, -0.25) is 4.79 Å². The fourth-order valence-corrected chi connectivity index (χ4v) is 1.99. The number of carboxylic acids is 1. The van der Waals surface area contributed by atoms with Gasteiger partial charge >= 0.3 is 5.97 Å². The van der Waals surface area contributed by atoms with Gasteiger partial charge in [0, 0.05) is 13.2 Å². The number of nitrogens with zero attached hydrogens (tertiary/aromatic N) is 1. The molecule has 0 unspecified atom stereocenters. The number of hydrogen-bond acceptors (Lipinski definition) is 4. The van der Waals surface area contributed by atoms with Crippen LogP contribution in [0.1, 0.15) is 25.7 Å². The monoisotopic (exact) mass is 230 g/mol. The Balaban J connectivity index is 2.18. The Morgan fingerprint density at radius 1 is 1.38 bits per heavy atom. The molecule has 5 heteroatoms. The number of carboxylic acid groups (broad SMARTS) is 1. The van der Waals surface area contributed by atoms with Gasteiger partial charge in [-0.1, -0.05) is 0 Å². The summed E-state index contributed by atoms with van der Waals surface area (Å²) in [5.41, 5.74) is 0. The maximum absolute atomic E-state index is 11.0. The zero-order valence-electron chi connectivity index (χ0n) is 9.69. The molecule has 0 amide bonds. The molecule has 1 aliphatic rings. The number of carbonyl (C=O) groups is 1. The van der Waals surface area contributed by atoms with Crippen LogP contribution >= 0.6 is 0 Å². The Morgan fingerprint density at radius 3 is 2.62 bits per heavy atom. The van der Waals surface area contributed by atoms with Crippen molar-refractivity contribution < 1.29 is 15.0 Å². The van der Waals surface area contributed by atoms with Crippen LogP contribution in [0.4, 0.5) is 0 Å². The number of nitrogens with one attached hydrogen (secondary N) is 1. The molecular weight excluding hydrogens is 208 g/mol. The van der Waals surface area contributed by atoms with Crippen LogP contribution < -0.4 is 5.32 Å². The van der Waals surface area contributed by atoms with Gasteiger partial charge in [0.1, 0.15) is 6.04 Å². The van der Waals surface area contributed by atoms with Crippen LogP contribution in [0.3, 0.4) is 0 Å². The third-order valence-electron chi connectivity index (χ3n) is 2.96. The van der Waals surface area contributed by atoms with Crippen LogP contribution in [0.25, 0.3) is 0 Å². The number of aliphatic hydroxyl groups excluding tert-OH is 1. The highest BCUT2D eigenvalue weighted by Gasteiger charge is 2.19. The Hall–Kier alpha value is -0.650. The molecule has 1 aliphatic heterocycles. The van der Waals surface area contributed by atoms with Crippen molar-refractivity contribution in [3.05, 3.63) is 0 Å².